The Bertz CT molecular complexity index is 957. The van der Waals surface area contributed by atoms with Gasteiger partial charge in [-0.2, -0.15) is 0 Å². The first-order valence-corrected chi connectivity index (χ1v) is 11.1. The van der Waals surface area contributed by atoms with E-state index < -0.39 is 0 Å². The van der Waals surface area contributed by atoms with Gasteiger partial charge in [-0.05, 0) is 99.1 Å². The van der Waals surface area contributed by atoms with Gasteiger partial charge < -0.3 is 9.64 Å². The first-order chi connectivity index (χ1) is 14.6. The summed E-state index contributed by atoms with van der Waals surface area (Å²) in [5.41, 5.74) is 7.98. The Morgan fingerprint density at radius 1 is 0.867 bits per heavy atom. The highest BCUT2D eigenvalue weighted by atomic mass is 16.5. The van der Waals surface area contributed by atoms with Crippen LogP contribution in [0.1, 0.15) is 35.1 Å². The Morgan fingerprint density at radius 3 is 2.27 bits per heavy atom. The number of aryl methyl sites for hydroxylation is 2. The van der Waals surface area contributed by atoms with Crippen molar-refractivity contribution in [3.63, 3.8) is 0 Å². The van der Waals surface area contributed by atoms with Gasteiger partial charge >= 0.3 is 0 Å². The van der Waals surface area contributed by atoms with Crippen LogP contribution in [0, 0.1) is 12.8 Å². The number of ether oxygens (including phenoxy) is 1. The van der Waals surface area contributed by atoms with Gasteiger partial charge in [0.05, 0.1) is 0 Å². The summed E-state index contributed by atoms with van der Waals surface area (Å²) in [6.45, 7) is 3.91. The quantitative estimate of drug-likeness (QED) is 0.462. The maximum Gasteiger partial charge on any atom is 0.120 e. The third kappa shape index (κ3) is 5.31. The third-order valence-electron chi connectivity index (χ3n) is 6.24. The molecule has 0 N–H and O–H groups in total. The molecular weight excluding hydrogens is 366 g/mol. The van der Waals surface area contributed by atoms with E-state index in [-0.39, 0.29) is 0 Å². The smallest absolute Gasteiger partial charge is 0.120 e. The summed E-state index contributed by atoms with van der Waals surface area (Å²) in [5.74, 6) is 1.81. The largest absolute Gasteiger partial charge is 0.489 e. The number of nitrogens with zero attached hydrogens (tertiary/aromatic N) is 1. The van der Waals surface area contributed by atoms with Crippen molar-refractivity contribution in [2.45, 2.75) is 39.2 Å². The Morgan fingerprint density at radius 2 is 1.57 bits per heavy atom. The monoisotopic (exact) mass is 399 g/mol. The molecule has 0 saturated heterocycles. The van der Waals surface area contributed by atoms with Crippen LogP contribution in [0.25, 0.3) is 11.1 Å². The number of benzene rings is 3. The van der Waals surface area contributed by atoms with E-state index in [2.05, 4.69) is 92.6 Å². The van der Waals surface area contributed by atoms with Crippen molar-refractivity contribution in [2.75, 3.05) is 20.6 Å². The second-order valence-electron chi connectivity index (χ2n) is 8.98. The van der Waals surface area contributed by atoms with Gasteiger partial charge in [0.15, 0.2) is 0 Å². The van der Waals surface area contributed by atoms with E-state index in [1.54, 1.807) is 0 Å². The summed E-state index contributed by atoms with van der Waals surface area (Å²) in [4.78, 5) is 2.29. The summed E-state index contributed by atoms with van der Waals surface area (Å²) >= 11 is 0. The maximum absolute atomic E-state index is 6.12. The first-order valence-electron chi connectivity index (χ1n) is 11.1. The minimum atomic E-state index is 0.610. The van der Waals surface area contributed by atoms with Gasteiger partial charge in [-0.25, -0.2) is 0 Å². The van der Waals surface area contributed by atoms with E-state index in [9.17, 15) is 0 Å². The number of hydrogen-bond donors (Lipinski definition) is 0. The van der Waals surface area contributed by atoms with E-state index >= 15 is 0 Å². The van der Waals surface area contributed by atoms with Crippen LogP contribution < -0.4 is 4.74 Å². The lowest BCUT2D eigenvalue weighted by molar-refractivity contribution is 0.304. The molecule has 1 aliphatic carbocycles. The fourth-order valence-electron chi connectivity index (χ4n) is 4.29. The van der Waals surface area contributed by atoms with Crippen LogP contribution in [0.15, 0.2) is 66.7 Å². The molecule has 0 heterocycles. The van der Waals surface area contributed by atoms with Gasteiger partial charge in [-0.15, -0.1) is 0 Å². The molecule has 0 radical (unpaired) electrons. The highest BCUT2D eigenvalue weighted by Crippen LogP contribution is 2.30. The zero-order valence-electron chi connectivity index (χ0n) is 18.5. The summed E-state index contributed by atoms with van der Waals surface area (Å²) in [5, 5.41) is 0. The number of hydrogen-bond acceptors (Lipinski definition) is 2. The molecule has 0 saturated carbocycles. The molecular formula is C28H33NO. The van der Waals surface area contributed by atoms with Gasteiger partial charge in [0.1, 0.15) is 12.4 Å². The van der Waals surface area contributed by atoms with Gasteiger partial charge in [-0.1, -0.05) is 60.2 Å². The second-order valence-corrected chi connectivity index (χ2v) is 8.98. The predicted molar refractivity (Wildman–Crippen MR) is 126 cm³/mol. The molecule has 30 heavy (non-hydrogen) atoms. The molecule has 3 aromatic carbocycles. The molecule has 1 aliphatic rings. The van der Waals surface area contributed by atoms with E-state index in [0.29, 0.717) is 6.61 Å². The predicted octanol–water partition coefficient (Wildman–Crippen LogP) is 6.30. The highest BCUT2D eigenvalue weighted by Gasteiger charge is 2.19. The zero-order valence-corrected chi connectivity index (χ0v) is 18.5. The molecule has 0 aromatic heterocycles. The van der Waals surface area contributed by atoms with Gasteiger partial charge in [-0.3, -0.25) is 0 Å². The van der Waals surface area contributed by atoms with Crippen molar-refractivity contribution in [1.29, 1.82) is 0 Å². The molecule has 1 atom stereocenters. The third-order valence-corrected chi connectivity index (χ3v) is 6.24. The fourth-order valence-corrected chi connectivity index (χ4v) is 4.29. The molecule has 156 valence electrons. The molecule has 0 aliphatic heterocycles. The SMILES string of the molecule is Cc1ccc(-c2ccc(COc3ccc4c(c3)CC[C@@H](CCN(C)C)C4)cc2)cc1. The number of fused-ring (bicyclic) bond motifs is 1. The minimum absolute atomic E-state index is 0.610. The van der Waals surface area contributed by atoms with Gasteiger partial charge in [0.2, 0.25) is 0 Å². The Hall–Kier alpha value is -2.58. The molecule has 4 rings (SSSR count). The molecule has 0 bridgehead atoms. The van der Waals surface area contributed by atoms with Crippen molar-refractivity contribution in [3.8, 4) is 16.9 Å². The molecule has 0 unspecified atom stereocenters. The Kier molecular flexibility index (Phi) is 6.54. The lowest BCUT2D eigenvalue weighted by Crippen LogP contribution is -2.21. The highest BCUT2D eigenvalue weighted by molar-refractivity contribution is 5.63. The summed E-state index contributed by atoms with van der Waals surface area (Å²) in [7, 11) is 4.33. The minimum Gasteiger partial charge on any atom is -0.489 e. The summed E-state index contributed by atoms with van der Waals surface area (Å²) in [6, 6.07) is 24.1. The summed E-state index contributed by atoms with van der Waals surface area (Å²) in [6.07, 6.45) is 4.98. The van der Waals surface area contributed by atoms with Gasteiger partial charge in [0.25, 0.3) is 0 Å². The first kappa shape index (κ1) is 20.7. The van der Waals surface area contributed by atoms with Crippen LogP contribution in [0.4, 0.5) is 0 Å². The molecule has 0 fully saturated rings. The average molecular weight is 400 g/mol. The lowest BCUT2D eigenvalue weighted by atomic mass is 9.82. The normalized spacial score (nSPS) is 15.8. The Labute approximate surface area is 181 Å². The molecule has 2 nitrogen and oxygen atoms in total. The van der Waals surface area contributed by atoms with Crippen LogP contribution >= 0.6 is 0 Å². The van der Waals surface area contributed by atoms with Crippen LogP contribution in [0.2, 0.25) is 0 Å². The van der Waals surface area contributed by atoms with Crippen molar-refractivity contribution < 1.29 is 4.74 Å². The van der Waals surface area contributed by atoms with Crippen LogP contribution in [-0.2, 0) is 19.4 Å². The average Bonchev–Trinajstić information content (AvgIpc) is 2.77. The van der Waals surface area contributed by atoms with E-state index in [4.69, 9.17) is 4.74 Å². The number of rotatable bonds is 7. The van der Waals surface area contributed by atoms with E-state index in [0.717, 1.165) is 11.7 Å². The van der Waals surface area contributed by atoms with Crippen molar-refractivity contribution >= 4 is 0 Å². The van der Waals surface area contributed by atoms with Crippen LogP contribution in [0.3, 0.4) is 0 Å². The topological polar surface area (TPSA) is 12.5 Å². The van der Waals surface area contributed by atoms with Crippen molar-refractivity contribution in [2.24, 2.45) is 5.92 Å². The Balaban J connectivity index is 1.34. The summed E-state index contributed by atoms with van der Waals surface area (Å²) < 4.78 is 6.12. The maximum atomic E-state index is 6.12. The van der Waals surface area contributed by atoms with Crippen LogP contribution in [-0.4, -0.2) is 25.5 Å². The van der Waals surface area contributed by atoms with E-state index in [1.807, 2.05) is 0 Å². The molecule has 0 amide bonds. The fraction of sp³-hybridized carbons (Fsp3) is 0.357. The van der Waals surface area contributed by atoms with Crippen LogP contribution in [0.5, 0.6) is 5.75 Å². The lowest BCUT2D eigenvalue weighted by Gasteiger charge is -2.26. The second kappa shape index (κ2) is 9.49. The van der Waals surface area contributed by atoms with Crippen molar-refractivity contribution in [3.05, 3.63) is 89.0 Å². The molecule has 0 spiro atoms. The molecule has 3 aromatic rings. The molecule has 2 heteroatoms. The standard InChI is InChI=1S/C28H33NO/c1-21-4-9-24(10-5-21)25-11-7-23(8-12-25)20-30-28-15-14-26-18-22(16-17-29(2)3)6-13-27(26)19-28/h4-5,7-12,14-15,19,22H,6,13,16-18,20H2,1-3H3/t22-/m0/s1. The van der Waals surface area contributed by atoms with Crippen molar-refractivity contribution in [1.82, 2.24) is 4.90 Å². The van der Waals surface area contributed by atoms with Gasteiger partial charge in [0, 0.05) is 0 Å². The zero-order chi connectivity index (χ0) is 20.9. The van der Waals surface area contributed by atoms with E-state index in [1.165, 1.54) is 65.6 Å².